The lowest BCUT2D eigenvalue weighted by Crippen LogP contribution is -2.65. The van der Waals surface area contributed by atoms with Gasteiger partial charge in [-0.05, 0) is 36.2 Å². The van der Waals surface area contributed by atoms with Crippen LogP contribution in [-0.4, -0.2) is 50.1 Å². The average molecular weight is 389 g/mol. The first-order chi connectivity index (χ1) is 12.8. The Morgan fingerprint density at radius 2 is 2.04 bits per heavy atom. The van der Waals surface area contributed by atoms with Gasteiger partial charge in [-0.3, -0.25) is 9.78 Å². The van der Waals surface area contributed by atoms with Gasteiger partial charge < -0.3 is 10.1 Å². The highest BCUT2D eigenvalue weighted by Gasteiger charge is 2.52. The van der Waals surface area contributed by atoms with Gasteiger partial charge in [-0.2, -0.15) is 4.31 Å². The zero-order valence-electron chi connectivity index (χ0n) is 15.4. The highest BCUT2D eigenvalue weighted by Crippen LogP contribution is 2.36. The minimum Gasteiger partial charge on any atom is -0.497 e. The van der Waals surface area contributed by atoms with Crippen molar-refractivity contribution in [2.24, 2.45) is 5.41 Å². The molecule has 0 unspecified atom stereocenters. The van der Waals surface area contributed by atoms with Crippen molar-refractivity contribution in [3.63, 3.8) is 0 Å². The summed E-state index contributed by atoms with van der Waals surface area (Å²) in [6, 6.07) is 13.0. The Labute approximate surface area is 159 Å². The van der Waals surface area contributed by atoms with Crippen LogP contribution >= 0.6 is 0 Å². The molecule has 0 aliphatic carbocycles. The molecular formula is C19H23N3O4S. The molecule has 27 heavy (non-hydrogen) atoms. The molecule has 1 saturated heterocycles. The van der Waals surface area contributed by atoms with Gasteiger partial charge >= 0.3 is 0 Å². The molecule has 2 heterocycles. The van der Waals surface area contributed by atoms with Crippen LogP contribution in [0.5, 0.6) is 5.75 Å². The van der Waals surface area contributed by atoms with Gasteiger partial charge in [0.05, 0.1) is 31.0 Å². The Hall–Kier alpha value is -2.45. The Morgan fingerprint density at radius 3 is 2.67 bits per heavy atom. The van der Waals surface area contributed by atoms with E-state index in [-0.39, 0.29) is 19.0 Å². The number of pyridine rings is 1. The summed E-state index contributed by atoms with van der Waals surface area (Å²) in [5, 5.41) is 2.91. The highest BCUT2D eigenvalue weighted by molar-refractivity contribution is 7.88. The van der Waals surface area contributed by atoms with Gasteiger partial charge in [0.1, 0.15) is 5.75 Å². The van der Waals surface area contributed by atoms with Crippen molar-refractivity contribution in [3.05, 3.63) is 59.9 Å². The topological polar surface area (TPSA) is 88.6 Å². The zero-order chi connectivity index (χ0) is 19.5. The molecule has 144 valence electrons. The molecular weight excluding hydrogens is 366 g/mol. The Bertz CT molecular complexity index is 910. The second-order valence-corrected chi connectivity index (χ2v) is 8.83. The number of sulfonamides is 1. The smallest absolute Gasteiger partial charge is 0.229 e. The number of hydrogen-bond acceptors (Lipinski definition) is 5. The minimum atomic E-state index is -3.33. The predicted molar refractivity (Wildman–Crippen MR) is 102 cm³/mol. The monoisotopic (exact) mass is 389 g/mol. The van der Waals surface area contributed by atoms with Crippen LogP contribution in [0.15, 0.2) is 48.7 Å². The molecule has 0 bridgehead atoms. The lowest BCUT2D eigenvalue weighted by molar-refractivity contribution is -0.137. The molecule has 8 heteroatoms. The summed E-state index contributed by atoms with van der Waals surface area (Å²) in [5.74, 6) is 0.534. The Balaban J connectivity index is 1.77. The number of nitrogens with zero attached hydrogens (tertiary/aromatic N) is 2. The third kappa shape index (κ3) is 4.45. The Kier molecular flexibility index (Phi) is 5.48. The molecule has 1 fully saturated rings. The maximum Gasteiger partial charge on any atom is 0.229 e. The van der Waals surface area contributed by atoms with Crippen LogP contribution in [-0.2, 0) is 27.8 Å². The van der Waals surface area contributed by atoms with E-state index in [1.807, 2.05) is 42.5 Å². The van der Waals surface area contributed by atoms with Crippen molar-refractivity contribution in [2.75, 3.05) is 26.5 Å². The number of rotatable bonds is 7. The van der Waals surface area contributed by atoms with E-state index in [4.69, 9.17) is 4.74 Å². The van der Waals surface area contributed by atoms with Crippen LogP contribution in [0, 0.1) is 5.41 Å². The van der Waals surface area contributed by atoms with Crippen molar-refractivity contribution in [3.8, 4) is 5.75 Å². The number of methoxy groups -OCH3 is 1. The Morgan fingerprint density at radius 1 is 1.26 bits per heavy atom. The lowest BCUT2D eigenvalue weighted by Gasteiger charge is -2.47. The van der Waals surface area contributed by atoms with E-state index in [2.05, 4.69) is 10.3 Å². The largest absolute Gasteiger partial charge is 0.497 e. The van der Waals surface area contributed by atoms with Crippen LogP contribution in [0.4, 0.5) is 0 Å². The van der Waals surface area contributed by atoms with Gasteiger partial charge in [0.2, 0.25) is 15.9 Å². The van der Waals surface area contributed by atoms with E-state index >= 15 is 0 Å². The summed E-state index contributed by atoms with van der Waals surface area (Å²) in [5.41, 5.74) is 0.877. The maximum absolute atomic E-state index is 13.0. The molecule has 1 aliphatic rings. The molecule has 0 atom stereocenters. The van der Waals surface area contributed by atoms with Gasteiger partial charge in [-0.15, -0.1) is 0 Å². The molecule has 1 aliphatic heterocycles. The predicted octanol–water partition coefficient (Wildman–Crippen LogP) is 1.21. The molecule has 0 radical (unpaired) electrons. The quantitative estimate of drug-likeness (QED) is 0.769. The number of benzene rings is 1. The molecule has 0 saturated carbocycles. The summed E-state index contributed by atoms with van der Waals surface area (Å²) in [6.45, 7) is 0.632. The van der Waals surface area contributed by atoms with Gasteiger partial charge in [0, 0.05) is 19.3 Å². The second kappa shape index (κ2) is 7.66. The third-order valence-electron chi connectivity index (χ3n) is 4.74. The first kappa shape index (κ1) is 19.3. The minimum absolute atomic E-state index is 0.164. The summed E-state index contributed by atoms with van der Waals surface area (Å²) in [7, 11) is -1.74. The molecule has 1 N–H and O–H groups in total. The molecule has 1 aromatic carbocycles. The van der Waals surface area contributed by atoms with Crippen LogP contribution in [0.25, 0.3) is 0 Å². The van der Waals surface area contributed by atoms with Crippen molar-refractivity contribution >= 4 is 15.9 Å². The molecule has 3 rings (SSSR count). The number of amides is 1. The van der Waals surface area contributed by atoms with Crippen LogP contribution in [0.2, 0.25) is 0 Å². The molecule has 1 aromatic heterocycles. The molecule has 2 aromatic rings. The fourth-order valence-electron chi connectivity index (χ4n) is 3.23. The van der Waals surface area contributed by atoms with E-state index in [0.29, 0.717) is 18.7 Å². The van der Waals surface area contributed by atoms with Gasteiger partial charge in [-0.1, -0.05) is 18.2 Å². The first-order valence-corrected chi connectivity index (χ1v) is 10.4. The standard InChI is InChI=1S/C19H23N3O4S/c1-26-17-8-5-6-15(10-17)11-19(13-22(14-19)27(2,24)25)18(23)21-12-16-7-3-4-9-20-16/h3-10H,11-14H2,1-2H3,(H,21,23). The van der Waals surface area contributed by atoms with E-state index < -0.39 is 15.4 Å². The average Bonchev–Trinajstić information content (AvgIpc) is 2.62. The van der Waals surface area contributed by atoms with E-state index in [1.54, 1.807) is 13.3 Å². The zero-order valence-corrected chi connectivity index (χ0v) is 16.2. The lowest BCUT2D eigenvalue weighted by atomic mass is 9.75. The number of hydrogen-bond donors (Lipinski definition) is 1. The van der Waals surface area contributed by atoms with E-state index in [1.165, 1.54) is 4.31 Å². The molecule has 7 nitrogen and oxygen atoms in total. The van der Waals surface area contributed by atoms with Crippen molar-refractivity contribution in [1.29, 1.82) is 0 Å². The summed E-state index contributed by atoms with van der Waals surface area (Å²) in [4.78, 5) is 17.2. The van der Waals surface area contributed by atoms with Crippen LogP contribution in [0.3, 0.4) is 0 Å². The highest BCUT2D eigenvalue weighted by atomic mass is 32.2. The summed E-state index contributed by atoms with van der Waals surface area (Å²) >= 11 is 0. The van der Waals surface area contributed by atoms with Gasteiger partial charge in [-0.25, -0.2) is 8.42 Å². The molecule has 0 spiro atoms. The molecule has 1 amide bonds. The van der Waals surface area contributed by atoms with Crippen LogP contribution in [0.1, 0.15) is 11.3 Å². The maximum atomic E-state index is 13.0. The second-order valence-electron chi connectivity index (χ2n) is 6.84. The van der Waals surface area contributed by atoms with Gasteiger partial charge in [0.15, 0.2) is 0 Å². The van der Waals surface area contributed by atoms with Crippen LogP contribution < -0.4 is 10.1 Å². The SMILES string of the molecule is COc1cccc(CC2(C(=O)NCc3ccccn3)CN(S(C)(=O)=O)C2)c1. The third-order valence-corrected chi connectivity index (χ3v) is 5.94. The van der Waals surface area contributed by atoms with E-state index in [9.17, 15) is 13.2 Å². The van der Waals surface area contributed by atoms with Crippen molar-refractivity contribution < 1.29 is 17.9 Å². The van der Waals surface area contributed by atoms with Gasteiger partial charge in [0.25, 0.3) is 0 Å². The fourth-order valence-corrected chi connectivity index (χ4v) is 4.20. The number of ether oxygens (including phenoxy) is 1. The first-order valence-electron chi connectivity index (χ1n) is 8.59. The number of carbonyl (C=O) groups is 1. The summed E-state index contributed by atoms with van der Waals surface area (Å²) in [6.07, 6.45) is 3.26. The normalized spacial score (nSPS) is 16.4. The van der Waals surface area contributed by atoms with Crippen molar-refractivity contribution in [1.82, 2.24) is 14.6 Å². The number of carbonyl (C=O) groups excluding carboxylic acids is 1. The summed E-state index contributed by atoms with van der Waals surface area (Å²) < 4.78 is 30.2. The fraction of sp³-hybridized carbons (Fsp3) is 0.368. The van der Waals surface area contributed by atoms with Crippen molar-refractivity contribution in [2.45, 2.75) is 13.0 Å². The van der Waals surface area contributed by atoms with E-state index in [0.717, 1.165) is 17.5 Å². The number of aromatic nitrogens is 1. The number of nitrogens with one attached hydrogen (secondary N) is 1.